The first-order valence-electron chi connectivity index (χ1n) is 12.5. The summed E-state index contributed by atoms with van der Waals surface area (Å²) in [6, 6.07) is 21.7. The summed E-state index contributed by atoms with van der Waals surface area (Å²) in [4.78, 5) is 42.3. The van der Waals surface area contributed by atoms with Crippen molar-refractivity contribution in [2.75, 3.05) is 11.5 Å². The van der Waals surface area contributed by atoms with Gasteiger partial charge in [0.1, 0.15) is 11.2 Å². The minimum absolute atomic E-state index is 0.346. The third kappa shape index (κ3) is 2.87. The molecule has 6 nitrogen and oxygen atoms in total. The minimum atomic E-state index is -1.61. The van der Waals surface area contributed by atoms with Crippen LogP contribution in [0.5, 0.6) is 5.75 Å². The summed E-state index contributed by atoms with van der Waals surface area (Å²) in [6.45, 7) is 2.74. The summed E-state index contributed by atoms with van der Waals surface area (Å²) in [5.41, 5.74) is 1.68. The summed E-state index contributed by atoms with van der Waals surface area (Å²) in [6.07, 6.45) is 3.16. The fraction of sp³-hybridized carbons (Fsp3) is 0.300. The quantitative estimate of drug-likeness (QED) is 0.384. The van der Waals surface area contributed by atoms with Gasteiger partial charge in [0.25, 0.3) is 0 Å². The molecule has 1 N–H and O–H groups in total. The molecule has 3 aliphatic carbocycles. The Bertz CT molecular complexity index is 1330. The Kier molecular flexibility index (Phi) is 5.21. The molecular weight excluding hydrogens is 454 g/mol. The lowest BCUT2D eigenvalue weighted by Crippen LogP contribution is -2.57. The molecule has 4 aliphatic rings. The molecule has 0 aromatic heterocycles. The molecule has 7 rings (SSSR count). The number of carbonyl (C=O) groups is 3. The van der Waals surface area contributed by atoms with Crippen molar-refractivity contribution >= 4 is 23.5 Å². The first-order valence-corrected chi connectivity index (χ1v) is 12.5. The number of ether oxygens (including phenoxy) is 1. The van der Waals surface area contributed by atoms with Crippen molar-refractivity contribution in [1.82, 2.24) is 0 Å². The first-order chi connectivity index (χ1) is 17.5. The maximum atomic E-state index is 14.0. The lowest BCUT2D eigenvalue weighted by molar-refractivity contribution is -0.149. The van der Waals surface area contributed by atoms with Gasteiger partial charge in [0.2, 0.25) is 11.8 Å². The van der Waals surface area contributed by atoms with E-state index in [1.165, 1.54) is 4.90 Å². The van der Waals surface area contributed by atoms with Crippen LogP contribution in [-0.4, -0.2) is 29.5 Å². The van der Waals surface area contributed by atoms with Gasteiger partial charge in [-0.1, -0.05) is 68.3 Å². The predicted molar refractivity (Wildman–Crippen MR) is 134 cm³/mol. The van der Waals surface area contributed by atoms with Crippen LogP contribution in [-0.2, 0) is 19.8 Å². The van der Waals surface area contributed by atoms with Gasteiger partial charge in [-0.2, -0.15) is 0 Å². The molecule has 1 heterocycles. The van der Waals surface area contributed by atoms with E-state index < -0.39 is 29.1 Å². The van der Waals surface area contributed by atoms with E-state index in [-0.39, 0.29) is 11.8 Å². The summed E-state index contributed by atoms with van der Waals surface area (Å²) < 4.78 is 5.78. The van der Waals surface area contributed by atoms with Gasteiger partial charge in [0, 0.05) is 5.92 Å². The molecule has 2 bridgehead atoms. The number of benzene rings is 3. The summed E-state index contributed by atoms with van der Waals surface area (Å²) in [5.74, 6) is -3.39. The van der Waals surface area contributed by atoms with Gasteiger partial charge < -0.3 is 9.84 Å². The minimum Gasteiger partial charge on any atom is -0.494 e. The molecule has 1 saturated heterocycles. The maximum Gasteiger partial charge on any atom is 0.319 e. The molecule has 1 aliphatic heterocycles. The van der Waals surface area contributed by atoms with Crippen molar-refractivity contribution in [2.45, 2.75) is 37.5 Å². The van der Waals surface area contributed by atoms with Crippen LogP contribution in [0.3, 0.4) is 0 Å². The van der Waals surface area contributed by atoms with Crippen LogP contribution in [0.15, 0.2) is 72.8 Å². The normalized spacial score (nSPS) is 25.4. The number of hydrogen-bond donors (Lipinski definition) is 1. The second-order valence-electron chi connectivity index (χ2n) is 9.83. The third-order valence-electron chi connectivity index (χ3n) is 8.07. The molecular formula is C30H27NO5. The molecule has 3 aromatic rings. The molecule has 0 unspecified atom stereocenters. The van der Waals surface area contributed by atoms with Crippen molar-refractivity contribution in [1.29, 1.82) is 0 Å². The van der Waals surface area contributed by atoms with Gasteiger partial charge in [-0.3, -0.25) is 14.4 Å². The summed E-state index contributed by atoms with van der Waals surface area (Å²) in [5, 5.41) is 10.8. The van der Waals surface area contributed by atoms with Crippen molar-refractivity contribution in [3.8, 4) is 5.75 Å². The highest BCUT2D eigenvalue weighted by atomic mass is 16.5. The lowest BCUT2D eigenvalue weighted by Gasteiger charge is -2.51. The summed E-state index contributed by atoms with van der Waals surface area (Å²) >= 11 is 0. The molecule has 3 aromatic carbocycles. The number of unbranched alkanes of at least 4 members (excludes halogenated alkanes) is 2. The molecule has 6 heteroatoms. The number of carboxylic acid groups (broad SMARTS) is 1. The number of carboxylic acids is 1. The van der Waals surface area contributed by atoms with Crippen LogP contribution < -0.4 is 9.64 Å². The highest BCUT2D eigenvalue weighted by Gasteiger charge is 2.71. The zero-order chi connectivity index (χ0) is 25.0. The Morgan fingerprint density at radius 2 is 1.50 bits per heavy atom. The topological polar surface area (TPSA) is 83.9 Å². The van der Waals surface area contributed by atoms with E-state index in [0.29, 0.717) is 29.2 Å². The number of aliphatic carboxylic acids is 1. The Morgan fingerprint density at radius 3 is 2.08 bits per heavy atom. The van der Waals surface area contributed by atoms with Gasteiger partial charge in [-0.15, -0.1) is 0 Å². The molecule has 182 valence electrons. The van der Waals surface area contributed by atoms with Gasteiger partial charge in [-0.25, -0.2) is 4.90 Å². The van der Waals surface area contributed by atoms with Crippen molar-refractivity contribution < 1.29 is 24.2 Å². The number of carbonyl (C=O) groups excluding carboxylic acids is 2. The average Bonchev–Trinajstić information content (AvgIpc) is 3.17. The predicted octanol–water partition coefficient (Wildman–Crippen LogP) is 4.89. The Balaban J connectivity index is 1.44. The van der Waals surface area contributed by atoms with Gasteiger partial charge in [-0.05, 0) is 52.9 Å². The molecule has 2 atom stereocenters. The molecule has 0 radical (unpaired) electrons. The van der Waals surface area contributed by atoms with E-state index in [4.69, 9.17) is 4.74 Å². The zero-order valence-corrected chi connectivity index (χ0v) is 20.0. The van der Waals surface area contributed by atoms with E-state index in [1.807, 2.05) is 24.3 Å². The van der Waals surface area contributed by atoms with Gasteiger partial charge in [0.05, 0.1) is 24.1 Å². The van der Waals surface area contributed by atoms with Crippen LogP contribution in [0.1, 0.15) is 54.4 Å². The SMILES string of the molecule is CCCCCOc1ccc(N2C(=O)[C@@H]3[C@@H](C2=O)C2c4ccccc4C3(C(=O)O)c3ccccc32)cc1. The van der Waals surface area contributed by atoms with E-state index in [1.54, 1.807) is 48.5 Å². The number of imide groups is 1. The van der Waals surface area contributed by atoms with Crippen LogP contribution in [0, 0.1) is 11.8 Å². The monoisotopic (exact) mass is 481 g/mol. The van der Waals surface area contributed by atoms with Crippen LogP contribution in [0.2, 0.25) is 0 Å². The highest BCUT2D eigenvalue weighted by molar-refractivity contribution is 6.25. The second-order valence-corrected chi connectivity index (χ2v) is 9.83. The molecule has 0 spiro atoms. The van der Waals surface area contributed by atoms with Crippen molar-refractivity contribution in [2.24, 2.45) is 11.8 Å². The maximum absolute atomic E-state index is 14.0. The number of nitrogens with zero attached hydrogens (tertiary/aromatic N) is 1. The molecule has 0 saturated carbocycles. The van der Waals surface area contributed by atoms with Gasteiger partial charge >= 0.3 is 5.97 Å². The van der Waals surface area contributed by atoms with E-state index in [0.717, 1.165) is 30.4 Å². The third-order valence-corrected chi connectivity index (χ3v) is 8.07. The van der Waals surface area contributed by atoms with Crippen LogP contribution >= 0.6 is 0 Å². The van der Waals surface area contributed by atoms with Crippen LogP contribution in [0.25, 0.3) is 0 Å². The second kappa shape index (κ2) is 8.33. The zero-order valence-electron chi connectivity index (χ0n) is 20.0. The molecule has 2 amide bonds. The Hall–Kier alpha value is -3.93. The Morgan fingerprint density at radius 1 is 0.889 bits per heavy atom. The van der Waals surface area contributed by atoms with Crippen molar-refractivity contribution in [3.63, 3.8) is 0 Å². The fourth-order valence-corrected chi connectivity index (χ4v) is 6.62. The Labute approximate surface area is 209 Å². The molecule has 1 fully saturated rings. The van der Waals surface area contributed by atoms with Gasteiger partial charge in [0.15, 0.2) is 0 Å². The fourth-order valence-electron chi connectivity index (χ4n) is 6.62. The standard InChI is InChI=1S/C30H27NO5/c1-2-3-8-17-36-19-15-13-18(14-16-19)31-27(32)25-24-20-9-4-6-11-22(20)30(29(34)35,26(25)28(31)33)23-12-7-5-10-21(23)24/h4-7,9-16,24-26H,2-3,8,17H2,1H3,(H,34,35)/t24?,25-,26-,30?/m0/s1. The smallest absolute Gasteiger partial charge is 0.319 e. The summed E-state index contributed by atoms with van der Waals surface area (Å²) in [7, 11) is 0. The number of hydrogen-bond acceptors (Lipinski definition) is 4. The highest BCUT2D eigenvalue weighted by Crippen LogP contribution is 2.64. The number of anilines is 1. The number of amides is 2. The van der Waals surface area contributed by atoms with Crippen LogP contribution in [0.4, 0.5) is 5.69 Å². The van der Waals surface area contributed by atoms with E-state index in [2.05, 4.69) is 6.92 Å². The largest absolute Gasteiger partial charge is 0.494 e. The van der Waals surface area contributed by atoms with E-state index >= 15 is 0 Å². The average molecular weight is 482 g/mol. The van der Waals surface area contributed by atoms with Crippen molar-refractivity contribution in [3.05, 3.63) is 95.1 Å². The van der Waals surface area contributed by atoms with E-state index in [9.17, 15) is 19.5 Å². The lowest BCUT2D eigenvalue weighted by atomic mass is 9.47. The molecule has 36 heavy (non-hydrogen) atoms. The first kappa shape index (κ1) is 22.5. The number of rotatable bonds is 7.